The van der Waals surface area contributed by atoms with Crippen molar-refractivity contribution in [1.82, 2.24) is 24.9 Å². The minimum Gasteiger partial charge on any atom is -0.481 e. The summed E-state index contributed by atoms with van der Waals surface area (Å²) in [6.07, 6.45) is 2.22. The Bertz CT molecular complexity index is 663. The Morgan fingerprint density at radius 3 is 2.73 bits per heavy atom. The fourth-order valence-corrected chi connectivity index (χ4v) is 3.46. The van der Waals surface area contributed by atoms with Gasteiger partial charge in [0, 0.05) is 20.0 Å². The third-order valence-electron chi connectivity index (χ3n) is 4.43. The molecular weight excluding hydrogens is 282 g/mol. The monoisotopic (exact) mass is 305 g/mol. The second-order valence-corrected chi connectivity index (χ2v) is 5.86. The molecule has 1 aliphatic rings. The first-order valence-corrected chi connectivity index (χ1v) is 7.66. The summed E-state index contributed by atoms with van der Waals surface area (Å²) >= 11 is 0. The van der Waals surface area contributed by atoms with Crippen LogP contribution >= 0.6 is 0 Å². The first-order chi connectivity index (χ1) is 10.5. The number of aromatic nitrogens is 4. The Balaban J connectivity index is 1.94. The lowest BCUT2D eigenvalue weighted by atomic mass is 10.0. The highest BCUT2D eigenvalue weighted by molar-refractivity contribution is 5.35. The third kappa shape index (κ3) is 2.39. The highest BCUT2D eigenvalue weighted by atomic mass is 16.5. The summed E-state index contributed by atoms with van der Waals surface area (Å²) < 4.78 is 13.0. The van der Waals surface area contributed by atoms with E-state index in [1.165, 1.54) is 5.56 Å². The molecule has 0 spiro atoms. The minimum atomic E-state index is 0.0815. The van der Waals surface area contributed by atoms with Gasteiger partial charge in [0.1, 0.15) is 0 Å². The van der Waals surface area contributed by atoms with Gasteiger partial charge in [-0.15, -0.1) is 10.2 Å². The predicted octanol–water partition coefficient (Wildman–Crippen LogP) is 2.33. The predicted molar refractivity (Wildman–Crippen MR) is 80.6 cm³/mol. The van der Waals surface area contributed by atoms with Gasteiger partial charge in [0.05, 0.1) is 24.4 Å². The van der Waals surface area contributed by atoms with Crippen LogP contribution in [0.15, 0.2) is 4.42 Å². The molecule has 2 atom stereocenters. The van der Waals surface area contributed by atoms with Gasteiger partial charge >= 0.3 is 0 Å². The number of methoxy groups -OCH3 is 1. The molecule has 22 heavy (non-hydrogen) atoms. The molecule has 7 nitrogen and oxygen atoms in total. The summed E-state index contributed by atoms with van der Waals surface area (Å²) in [5.41, 5.74) is 2.19. The van der Waals surface area contributed by atoms with Crippen molar-refractivity contribution in [2.75, 3.05) is 13.7 Å². The number of rotatable bonds is 4. The molecule has 0 saturated carbocycles. The Morgan fingerprint density at radius 2 is 2.09 bits per heavy atom. The van der Waals surface area contributed by atoms with Crippen LogP contribution in [0, 0.1) is 13.8 Å². The third-order valence-corrected chi connectivity index (χ3v) is 4.43. The molecule has 0 unspecified atom stereocenters. The summed E-state index contributed by atoms with van der Waals surface area (Å²) in [6.45, 7) is 6.98. The number of likely N-dealkylation sites (tertiary alicyclic amines) is 1. The zero-order valence-corrected chi connectivity index (χ0v) is 13.8. The molecule has 2 aromatic heterocycles. The zero-order valence-electron chi connectivity index (χ0n) is 13.8. The summed E-state index contributed by atoms with van der Waals surface area (Å²) in [5, 5.41) is 12.6. The smallest absolute Gasteiger partial charge is 0.233 e. The summed E-state index contributed by atoms with van der Waals surface area (Å²) in [6, 6.07) is 0.351. The van der Waals surface area contributed by atoms with E-state index in [-0.39, 0.29) is 12.1 Å². The van der Waals surface area contributed by atoms with Crippen molar-refractivity contribution < 1.29 is 9.15 Å². The molecule has 120 valence electrons. The van der Waals surface area contributed by atoms with Gasteiger partial charge in [-0.2, -0.15) is 5.10 Å². The lowest BCUT2D eigenvalue weighted by Gasteiger charge is -2.28. The van der Waals surface area contributed by atoms with E-state index in [2.05, 4.69) is 27.1 Å². The van der Waals surface area contributed by atoms with Crippen LogP contribution in [-0.2, 0) is 7.05 Å². The number of hydrogen-bond acceptors (Lipinski definition) is 6. The van der Waals surface area contributed by atoms with Gasteiger partial charge in [-0.25, -0.2) is 4.68 Å². The van der Waals surface area contributed by atoms with Gasteiger partial charge in [0.25, 0.3) is 0 Å². The zero-order chi connectivity index (χ0) is 15.9. The van der Waals surface area contributed by atoms with Gasteiger partial charge in [-0.05, 0) is 33.2 Å². The highest BCUT2D eigenvalue weighted by Gasteiger charge is 2.36. The second-order valence-electron chi connectivity index (χ2n) is 5.86. The molecule has 0 aromatic carbocycles. The molecule has 3 rings (SSSR count). The van der Waals surface area contributed by atoms with Crippen molar-refractivity contribution >= 4 is 0 Å². The van der Waals surface area contributed by atoms with Gasteiger partial charge < -0.3 is 9.15 Å². The van der Waals surface area contributed by atoms with E-state index < -0.39 is 0 Å². The van der Waals surface area contributed by atoms with Crippen LogP contribution in [0.3, 0.4) is 0 Å². The van der Waals surface area contributed by atoms with E-state index >= 15 is 0 Å². The summed E-state index contributed by atoms with van der Waals surface area (Å²) in [4.78, 5) is 2.40. The van der Waals surface area contributed by atoms with E-state index in [1.54, 1.807) is 7.11 Å². The summed E-state index contributed by atoms with van der Waals surface area (Å²) in [5.74, 6) is 2.11. The standard InChI is InChI=1S/C15H23N5O2/c1-9-13(15(21-5)19(4)18-9)12-7-6-8-20(12)10(2)14-17-16-11(3)22-14/h10,12H,6-8H2,1-5H3/t10-,12+/m1/s1. The quantitative estimate of drug-likeness (QED) is 0.863. The van der Waals surface area contributed by atoms with Gasteiger partial charge in [-0.1, -0.05) is 0 Å². The SMILES string of the molecule is COc1c([C@@H]2CCCN2[C@H](C)c2nnc(C)o2)c(C)nn1C. The average Bonchev–Trinajstić information content (AvgIpc) is 3.16. The lowest BCUT2D eigenvalue weighted by Crippen LogP contribution is -2.27. The Labute approximate surface area is 130 Å². The van der Waals surface area contributed by atoms with Gasteiger partial charge in [0.15, 0.2) is 0 Å². The number of aryl methyl sites for hydroxylation is 3. The van der Waals surface area contributed by atoms with Gasteiger partial charge in [0.2, 0.25) is 17.7 Å². The van der Waals surface area contributed by atoms with E-state index in [0.717, 1.165) is 31.0 Å². The Morgan fingerprint density at radius 1 is 1.32 bits per heavy atom. The van der Waals surface area contributed by atoms with Crippen molar-refractivity contribution in [3.8, 4) is 5.88 Å². The molecule has 0 aliphatic carbocycles. The maximum Gasteiger partial charge on any atom is 0.233 e. The van der Waals surface area contributed by atoms with Crippen molar-refractivity contribution in [3.63, 3.8) is 0 Å². The van der Waals surface area contributed by atoms with Crippen LogP contribution in [0.2, 0.25) is 0 Å². The largest absolute Gasteiger partial charge is 0.481 e. The van der Waals surface area contributed by atoms with E-state index in [1.807, 2.05) is 25.6 Å². The highest BCUT2D eigenvalue weighted by Crippen LogP contribution is 2.42. The Kier molecular flexibility index (Phi) is 3.90. The molecular formula is C15H23N5O2. The maximum absolute atomic E-state index is 5.62. The van der Waals surface area contributed by atoms with Crippen LogP contribution in [0.4, 0.5) is 0 Å². The van der Waals surface area contributed by atoms with Crippen LogP contribution in [0.5, 0.6) is 5.88 Å². The molecule has 0 radical (unpaired) electrons. The molecule has 0 amide bonds. The van der Waals surface area contributed by atoms with Crippen LogP contribution in [0.1, 0.15) is 54.9 Å². The van der Waals surface area contributed by atoms with Crippen LogP contribution in [0.25, 0.3) is 0 Å². The summed E-state index contributed by atoms with van der Waals surface area (Å²) in [7, 11) is 3.61. The molecule has 0 bridgehead atoms. The molecule has 1 aliphatic heterocycles. The normalized spacial score (nSPS) is 20.5. The minimum absolute atomic E-state index is 0.0815. The number of nitrogens with zero attached hydrogens (tertiary/aromatic N) is 5. The second kappa shape index (κ2) is 5.72. The topological polar surface area (TPSA) is 69.2 Å². The lowest BCUT2D eigenvalue weighted by molar-refractivity contribution is 0.163. The van der Waals surface area contributed by atoms with Crippen LogP contribution < -0.4 is 4.74 Å². The number of ether oxygens (including phenoxy) is 1. The molecule has 1 fully saturated rings. The van der Waals surface area contributed by atoms with Crippen molar-refractivity contribution in [1.29, 1.82) is 0 Å². The van der Waals surface area contributed by atoms with Crippen molar-refractivity contribution in [3.05, 3.63) is 23.0 Å². The fourth-order valence-electron chi connectivity index (χ4n) is 3.46. The van der Waals surface area contributed by atoms with Crippen LogP contribution in [-0.4, -0.2) is 38.5 Å². The van der Waals surface area contributed by atoms with Gasteiger partial charge in [-0.3, -0.25) is 4.90 Å². The van der Waals surface area contributed by atoms with Crippen molar-refractivity contribution in [2.24, 2.45) is 7.05 Å². The first kappa shape index (κ1) is 15.0. The first-order valence-electron chi connectivity index (χ1n) is 7.66. The molecule has 7 heteroatoms. The maximum atomic E-state index is 5.62. The average molecular weight is 305 g/mol. The fraction of sp³-hybridized carbons (Fsp3) is 0.667. The van der Waals surface area contributed by atoms with E-state index in [9.17, 15) is 0 Å². The molecule has 0 N–H and O–H groups in total. The van der Waals surface area contributed by atoms with E-state index in [4.69, 9.17) is 9.15 Å². The van der Waals surface area contributed by atoms with Crippen molar-refractivity contribution in [2.45, 2.75) is 45.7 Å². The molecule has 1 saturated heterocycles. The molecule has 3 heterocycles. The number of hydrogen-bond donors (Lipinski definition) is 0. The van der Waals surface area contributed by atoms with E-state index in [0.29, 0.717) is 11.8 Å². The molecule has 2 aromatic rings. The Hall–Kier alpha value is -1.89.